The number of nitrogens with two attached hydrogens (primary N) is 1. The molecule has 0 aliphatic heterocycles. The van der Waals surface area contributed by atoms with Gasteiger partial charge in [0, 0.05) is 11.6 Å². The molecule has 21 heavy (non-hydrogen) atoms. The second-order valence-corrected chi connectivity index (χ2v) is 5.49. The summed E-state index contributed by atoms with van der Waals surface area (Å²) in [5, 5.41) is 0. The van der Waals surface area contributed by atoms with Gasteiger partial charge in [-0.2, -0.15) is 0 Å². The molecule has 2 aromatic carbocycles. The third-order valence-corrected chi connectivity index (χ3v) is 4.02. The van der Waals surface area contributed by atoms with Gasteiger partial charge in [0.25, 0.3) is 0 Å². The van der Waals surface area contributed by atoms with E-state index in [1.54, 1.807) is 19.2 Å². The lowest BCUT2D eigenvalue weighted by atomic mass is 10.1. The van der Waals surface area contributed by atoms with Crippen LogP contribution < -0.4 is 15.2 Å². The number of ether oxygens (including phenoxy) is 2. The first kappa shape index (κ1) is 15.8. The maximum atomic E-state index is 13.5. The fourth-order valence-electron chi connectivity index (χ4n) is 1.90. The molecule has 2 aromatic rings. The zero-order chi connectivity index (χ0) is 15.4. The van der Waals surface area contributed by atoms with E-state index in [0.717, 1.165) is 11.1 Å². The minimum Gasteiger partial charge on any atom is -0.493 e. The Kier molecular flexibility index (Phi) is 5.20. The zero-order valence-electron chi connectivity index (χ0n) is 11.9. The third kappa shape index (κ3) is 3.74. The molecule has 0 amide bonds. The van der Waals surface area contributed by atoms with Crippen LogP contribution in [0.2, 0.25) is 0 Å². The standard InChI is InChI=1S/C16H17BrFNO2/c1-10(19)11-6-7-14(15(8-11)20-2)21-9-12-4-3-5-13(18)16(12)17/h3-8,10H,9,19H2,1-2H3/t10-/m0/s1. The second kappa shape index (κ2) is 6.91. The van der Waals surface area contributed by atoms with Crippen LogP contribution in [0.3, 0.4) is 0 Å². The van der Waals surface area contributed by atoms with Crippen LogP contribution >= 0.6 is 15.9 Å². The molecule has 0 saturated heterocycles. The molecule has 1 atom stereocenters. The van der Waals surface area contributed by atoms with Gasteiger partial charge in [-0.1, -0.05) is 18.2 Å². The highest BCUT2D eigenvalue weighted by atomic mass is 79.9. The summed E-state index contributed by atoms with van der Waals surface area (Å²) >= 11 is 3.22. The Morgan fingerprint density at radius 3 is 2.67 bits per heavy atom. The highest BCUT2D eigenvalue weighted by Crippen LogP contribution is 2.31. The van der Waals surface area contributed by atoms with Crippen molar-refractivity contribution in [2.45, 2.75) is 19.6 Å². The van der Waals surface area contributed by atoms with E-state index in [1.807, 2.05) is 25.1 Å². The van der Waals surface area contributed by atoms with Gasteiger partial charge in [-0.3, -0.25) is 0 Å². The summed E-state index contributed by atoms with van der Waals surface area (Å²) in [7, 11) is 1.57. The minimum absolute atomic E-state index is 0.0784. The molecule has 0 bridgehead atoms. The summed E-state index contributed by atoms with van der Waals surface area (Å²) in [6.07, 6.45) is 0. The Balaban J connectivity index is 2.18. The third-order valence-electron chi connectivity index (χ3n) is 3.13. The van der Waals surface area contributed by atoms with Crippen LogP contribution in [0.25, 0.3) is 0 Å². The summed E-state index contributed by atoms with van der Waals surface area (Å²) < 4.78 is 24.9. The number of hydrogen-bond donors (Lipinski definition) is 1. The van der Waals surface area contributed by atoms with Gasteiger partial charge in [-0.25, -0.2) is 4.39 Å². The average molecular weight is 354 g/mol. The number of hydrogen-bond acceptors (Lipinski definition) is 3. The van der Waals surface area contributed by atoms with E-state index in [1.165, 1.54) is 6.07 Å². The molecule has 0 aromatic heterocycles. The van der Waals surface area contributed by atoms with Crippen LogP contribution in [0.5, 0.6) is 11.5 Å². The van der Waals surface area contributed by atoms with Crippen molar-refractivity contribution in [1.29, 1.82) is 0 Å². The zero-order valence-corrected chi connectivity index (χ0v) is 13.5. The van der Waals surface area contributed by atoms with Gasteiger partial charge < -0.3 is 15.2 Å². The molecule has 0 aliphatic rings. The fraction of sp³-hybridized carbons (Fsp3) is 0.250. The molecule has 112 valence electrons. The summed E-state index contributed by atoms with van der Waals surface area (Å²) in [5.74, 6) is 0.894. The number of methoxy groups -OCH3 is 1. The van der Waals surface area contributed by atoms with Crippen LogP contribution in [0, 0.1) is 5.82 Å². The topological polar surface area (TPSA) is 44.5 Å². The molecule has 2 N–H and O–H groups in total. The quantitative estimate of drug-likeness (QED) is 0.876. The van der Waals surface area contributed by atoms with Crippen molar-refractivity contribution in [2.75, 3.05) is 7.11 Å². The Morgan fingerprint density at radius 1 is 1.24 bits per heavy atom. The molecule has 0 fully saturated rings. The molecule has 0 unspecified atom stereocenters. The lowest BCUT2D eigenvalue weighted by molar-refractivity contribution is 0.283. The average Bonchev–Trinajstić information content (AvgIpc) is 2.48. The van der Waals surface area contributed by atoms with Crippen LogP contribution in [0.4, 0.5) is 4.39 Å². The fourth-order valence-corrected chi connectivity index (χ4v) is 2.28. The van der Waals surface area contributed by atoms with Gasteiger partial charge >= 0.3 is 0 Å². The highest BCUT2D eigenvalue weighted by molar-refractivity contribution is 9.10. The first-order valence-electron chi connectivity index (χ1n) is 6.52. The normalized spacial score (nSPS) is 12.0. The van der Waals surface area contributed by atoms with E-state index in [-0.39, 0.29) is 18.5 Å². The first-order chi connectivity index (χ1) is 10.0. The van der Waals surface area contributed by atoms with E-state index in [9.17, 15) is 4.39 Å². The van der Waals surface area contributed by atoms with E-state index >= 15 is 0 Å². The highest BCUT2D eigenvalue weighted by Gasteiger charge is 2.10. The summed E-state index contributed by atoms with van der Waals surface area (Å²) in [4.78, 5) is 0. The molecular weight excluding hydrogens is 337 g/mol. The predicted molar refractivity (Wildman–Crippen MR) is 84.0 cm³/mol. The van der Waals surface area contributed by atoms with Crippen molar-refractivity contribution in [3.8, 4) is 11.5 Å². The van der Waals surface area contributed by atoms with E-state index in [0.29, 0.717) is 16.0 Å². The predicted octanol–water partition coefficient (Wildman–Crippen LogP) is 4.20. The maximum absolute atomic E-state index is 13.5. The van der Waals surface area contributed by atoms with Gasteiger partial charge in [-0.15, -0.1) is 0 Å². The monoisotopic (exact) mass is 353 g/mol. The van der Waals surface area contributed by atoms with Gasteiger partial charge in [0.05, 0.1) is 11.6 Å². The largest absolute Gasteiger partial charge is 0.493 e. The molecule has 2 rings (SSSR count). The molecular formula is C16H17BrFNO2. The lowest BCUT2D eigenvalue weighted by Crippen LogP contribution is -2.06. The first-order valence-corrected chi connectivity index (χ1v) is 7.31. The number of halogens is 2. The van der Waals surface area contributed by atoms with Crippen LogP contribution in [-0.4, -0.2) is 7.11 Å². The minimum atomic E-state index is -0.310. The molecule has 0 spiro atoms. The number of benzene rings is 2. The molecule has 0 saturated carbocycles. The summed E-state index contributed by atoms with van der Waals surface area (Å²) in [6.45, 7) is 2.14. The van der Waals surface area contributed by atoms with Gasteiger partial charge in [0.15, 0.2) is 11.5 Å². The lowest BCUT2D eigenvalue weighted by Gasteiger charge is -2.14. The SMILES string of the molecule is COc1cc([C@H](C)N)ccc1OCc1cccc(F)c1Br. The molecule has 0 radical (unpaired) electrons. The molecule has 0 aliphatic carbocycles. The van der Waals surface area contributed by atoms with Crippen molar-refractivity contribution in [1.82, 2.24) is 0 Å². The van der Waals surface area contributed by atoms with Crippen LogP contribution in [0.15, 0.2) is 40.9 Å². The van der Waals surface area contributed by atoms with Crippen molar-refractivity contribution < 1.29 is 13.9 Å². The van der Waals surface area contributed by atoms with Crippen molar-refractivity contribution >= 4 is 15.9 Å². The summed E-state index contributed by atoms with van der Waals surface area (Å²) in [6, 6.07) is 10.3. The van der Waals surface area contributed by atoms with Crippen molar-refractivity contribution in [3.05, 3.63) is 57.8 Å². The summed E-state index contributed by atoms with van der Waals surface area (Å²) in [5.41, 5.74) is 7.54. The van der Waals surface area contributed by atoms with Crippen molar-refractivity contribution in [3.63, 3.8) is 0 Å². The van der Waals surface area contributed by atoms with Crippen molar-refractivity contribution in [2.24, 2.45) is 5.73 Å². The maximum Gasteiger partial charge on any atom is 0.161 e. The molecule has 0 heterocycles. The Hall–Kier alpha value is -1.59. The Morgan fingerprint density at radius 2 is 2.00 bits per heavy atom. The smallest absolute Gasteiger partial charge is 0.161 e. The van der Waals surface area contributed by atoms with E-state index in [2.05, 4.69) is 15.9 Å². The Labute approximate surface area is 132 Å². The van der Waals surface area contributed by atoms with E-state index < -0.39 is 0 Å². The van der Waals surface area contributed by atoms with Crippen LogP contribution in [-0.2, 0) is 6.61 Å². The Bertz CT molecular complexity index is 632. The second-order valence-electron chi connectivity index (χ2n) is 4.70. The van der Waals surface area contributed by atoms with Crippen LogP contribution in [0.1, 0.15) is 24.1 Å². The van der Waals surface area contributed by atoms with Gasteiger partial charge in [-0.05, 0) is 46.6 Å². The van der Waals surface area contributed by atoms with Gasteiger partial charge in [0.1, 0.15) is 12.4 Å². The molecule has 5 heteroatoms. The van der Waals surface area contributed by atoms with Gasteiger partial charge in [0.2, 0.25) is 0 Å². The number of rotatable bonds is 5. The molecule has 3 nitrogen and oxygen atoms in total. The van der Waals surface area contributed by atoms with E-state index in [4.69, 9.17) is 15.2 Å².